The summed E-state index contributed by atoms with van der Waals surface area (Å²) in [5.41, 5.74) is 1.75. The lowest BCUT2D eigenvalue weighted by Crippen LogP contribution is -2.56. The smallest absolute Gasteiger partial charge is 0.394 e. The van der Waals surface area contributed by atoms with E-state index in [0.29, 0.717) is 36.2 Å². The first-order valence-electron chi connectivity index (χ1n) is 11.2. The normalized spacial score (nSPS) is 18.1. The van der Waals surface area contributed by atoms with Crippen molar-refractivity contribution in [2.45, 2.75) is 38.0 Å². The van der Waals surface area contributed by atoms with Crippen LogP contribution in [-0.2, 0) is 0 Å². The fourth-order valence-electron chi connectivity index (χ4n) is 4.41. The topological polar surface area (TPSA) is 152 Å². The van der Waals surface area contributed by atoms with Gasteiger partial charge in [-0.3, -0.25) is 20.1 Å². The zero-order valence-electron chi connectivity index (χ0n) is 19.0. The number of aryl methyl sites for hydroxylation is 1. The fourth-order valence-corrected chi connectivity index (χ4v) is 4.41. The van der Waals surface area contributed by atoms with Crippen molar-refractivity contribution in [3.05, 3.63) is 29.8 Å². The van der Waals surface area contributed by atoms with Gasteiger partial charge < -0.3 is 15.3 Å². The van der Waals surface area contributed by atoms with Crippen LogP contribution in [0.3, 0.4) is 0 Å². The highest BCUT2D eigenvalue weighted by atomic mass is 19.4. The van der Waals surface area contributed by atoms with E-state index in [1.807, 2.05) is 11.8 Å². The van der Waals surface area contributed by atoms with Crippen molar-refractivity contribution in [3.8, 4) is 0 Å². The number of nitrogens with zero attached hydrogens (tertiary/aromatic N) is 6. The highest BCUT2D eigenvalue weighted by Crippen LogP contribution is 2.38. The number of fused-ring (bicyclic) bond motifs is 5. The Labute approximate surface area is 201 Å². The summed E-state index contributed by atoms with van der Waals surface area (Å²) >= 11 is 0. The molecule has 0 aromatic carbocycles. The van der Waals surface area contributed by atoms with Gasteiger partial charge in [-0.25, -0.2) is 19.7 Å². The van der Waals surface area contributed by atoms with Gasteiger partial charge in [0.15, 0.2) is 17.3 Å². The number of amides is 3. The largest absolute Gasteiger partial charge is 0.410 e. The molecule has 12 nitrogen and oxygen atoms in total. The first-order chi connectivity index (χ1) is 17.2. The molecule has 3 amide bonds. The molecule has 0 radical (unpaired) electrons. The number of hydrogen-bond donors (Lipinski definition) is 4. The van der Waals surface area contributed by atoms with Crippen LogP contribution in [-0.4, -0.2) is 80.2 Å². The van der Waals surface area contributed by atoms with Crippen molar-refractivity contribution >= 4 is 40.3 Å². The van der Waals surface area contributed by atoms with E-state index < -0.39 is 36.6 Å². The predicted molar refractivity (Wildman–Crippen MR) is 122 cm³/mol. The summed E-state index contributed by atoms with van der Waals surface area (Å²) in [7, 11) is 0. The van der Waals surface area contributed by atoms with Crippen LogP contribution >= 0.6 is 0 Å². The molecule has 190 valence electrons. The van der Waals surface area contributed by atoms with Gasteiger partial charge in [0.1, 0.15) is 6.04 Å². The molecule has 2 atom stereocenters. The zero-order valence-corrected chi connectivity index (χ0v) is 19.0. The number of urea groups is 1. The number of H-pyrrole nitrogens is 1. The van der Waals surface area contributed by atoms with Crippen molar-refractivity contribution in [1.82, 2.24) is 30.5 Å². The number of carbonyl (C=O) groups is 2. The second-order valence-electron chi connectivity index (χ2n) is 8.62. The highest BCUT2D eigenvalue weighted by molar-refractivity contribution is 6.07. The summed E-state index contributed by atoms with van der Waals surface area (Å²) in [4.78, 5) is 41.8. The van der Waals surface area contributed by atoms with E-state index in [-0.39, 0.29) is 17.7 Å². The number of aromatic amines is 1. The maximum atomic E-state index is 13.5. The Morgan fingerprint density at radius 3 is 2.86 bits per heavy atom. The van der Waals surface area contributed by atoms with E-state index in [4.69, 9.17) is 5.11 Å². The molecule has 36 heavy (non-hydrogen) atoms. The van der Waals surface area contributed by atoms with Crippen molar-refractivity contribution in [2.24, 2.45) is 0 Å². The first-order valence-corrected chi connectivity index (χ1v) is 11.2. The van der Waals surface area contributed by atoms with Gasteiger partial charge >= 0.3 is 12.2 Å². The molecule has 2 bridgehead atoms. The number of halogens is 3. The van der Waals surface area contributed by atoms with E-state index in [1.54, 1.807) is 17.4 Å². The Bertz CT molecular complexity index is 1330. The maximum Gasteiger partial charge on any atom is 0.410 e. The number of aromatic nitrogens is 5. The van der Waals surface area contributed by atoms with Gasteiger partial charge in [-0.2, -0.15) is 18.3 Å². The molecule has 3 aromatic rings. The molecule has 3 aromatic heterocycles. The van der Waals surface area contributed by atoms with E-state index >= 15 is 0 Å². The third-order valence-electron chi connectivity index (χ3n) is 6.17. The summed E-state index contributed by atoms with van der Waals surface area (Å²) in [5.74, 6) is -1.42. The molecule has 0 saturated carbocycles. The Kier molecular flexibility index (Phi) is 5.86. The standard InChI is InChI=1S/C21H22F3N9O3/c1-10-4-5-12-15(26-10)30-31-16(12)29-20(36)33-11-3-2-6-32(8-11)13-7-25-17(28-18(13)33)19(35)27-14(9-34)21(22,23)24/h4-5,7,11,14,34H,2-3,6,8-9H2,1H3,(H,27,35)(H2,26,29,30,31,36)/t11-,14-/m0/s1. The summed E-state index contributed by atoms with van der Waals surface area (Å²) in [6.07, 6.45) is -2.07. The maximum absolute atomic E-state index is 13.5. The van der Waals surface area contributed by atoms with Crippen LogP contribution in [0.25, 0.3) is 11.0 Å². The third kappa shape index (κ3) is 4.25. The molecule has 5 heterocycles. The van der Waals surface area contributed by atoms with Gasteiger partial charge in [0.2, 0.25) is 5.82 Å². The second kappa shape index (κ2) is 8.89. The summed E-state index contributed by atoms with van der Waals surface area (Å²) in [6.45, 7) is 1.68. The summed E-state index contributed by atoms with van der Waals surface area (Å²) in [6, 6.07) is 0.221. The molecule has 0 unspecified atom stereocenters. The number of hydrogen-bond acceptors (Lipinski definition) is 8. The number of pyridine rings is 1. The summed E-state index contributed by atoms with van der Waals surface area (Å²) < 4.78 is 39.0. The van der Waals surface area contributed by atoms with E-state index in [9.17, 15) is 22.8 Å². The molecule has 1 saturated heterocycles. The highest BCUT2D eigenvalue weighted by Gasteiger charge is 2.42. The lowest BCUT2D eigenvalue weighted by Gasteiger charge is -2.45. The number of nitrogens with one attached hydrogen (secondary N) is 3. The number of aliphatic hydroxyl groups excluding tert-OH is 1. The number of piperidine rings is 1. The molecule has 2 aliphatic heterocycles. The lowest BCUT2D eigenvalue weighted by molar-refractivity contribution is -0.161. The molecule has 15 heteroatoms. The van der Waals surface area contributed by atoms with Crippen LogP contribution in [0.2, 0.25) is 0 Å². The average Bonchev–Trinajstić information content (AvgIpc) is 3.23. The molecule has 0 spiro atoms. The van der Waals surface area contributed by atoms with Gasteiger partial charge in [0.25, 0.3) is 5.91 Å². The van der Waals surface area contributed by atoms with Gasteiger partial charge in [-0.1, -0.05) is 0 Å². The number of rotatable bonds is 4. The minimum Gasteiger partial charge on any atom is -0.394 e. The van der Waals surface area contributed by atoms with Crippen LogP contribution in [0.4, 0.5) is 35.3 Å². The molecular formula is C21H22F3N9O3. The number of aliphatic hydroxyl groups is 1. The van der Waals surface area contributed by atoms with E-state index in [1.165, 1.54) is 11.1 Å². The van der Waals surface area contributed by atoms with Gasteiger partial charge in [-0.05, 0) is 31.9 Å². The Balaban J connectivity index is 1.47. The SMILES string of the molecule is Cc1ccc2c(NC(=O)N3c4nc(C(=O)N[C@@H](CO)C(F)(F)F)ncc4N4CCC[C@H]3C4)n[nH]c2n1. The van der Waals surface area contributed by atoms with Crippen molar-refractivity contribution < 1.29 is 27.9 Å². The Morgan fingerprint density at radius 1 is 1.31 bits per heavy atom. The van der Waals surface area contributed by atoms with Crippen molar-refractivity contribution in [3.63, 3.8) is 0 Å². The monoisotopic (exact) mass is 505 g/mol. The van der Waals surface area contributed by atoms with Crippen LogP contribution in [0.5, 0.6) is 0 Å². The minimum absolute atomic E-state index is 0.102. The van der Waals surface area contributed by atoms with Crippen LogP contribution < -0.4 is 20.4 Å². The molecule has 5 rings (SSSR count). The number of anilines is 3. The van der Waals surface area contributed by atoms with Gasteiger partial charge in [0, 0.05) is 18.8 Å². The van der Waals surface area contributed by atoms with Crippen molar-refractivity contribution in [2.75, 3.05) is 34.8 Å². The lowest BCUT2D eigenvalue weighted by atomic mass is 10.0. The van der Waals surface area contributed by atoms with Gasteiger partial charge in [-0.15, -0.1) is 0 Å². The molecular weight excluding hydrogens is 483 g/mol. The average molecular weight is 505 g/mol. The Hall–Kier alpha value is -4.01. The third-order valence-corrected chi connectivity index (χ3v) is 6.17. The van der Waals surface area contributed by atoms with Crippen LogP contribution in [0.15, 0.2) is 18.3 Å². The van der Waals surface area contributed by atoms with E-state index in [0.717, 1.165) is 12.1 Å². The van der Waals surface area contributed by atoms with Crippen LogP contribution in [0.1, 0.15) is 29.2 Å². The number of alkyl halides is 3. The summed E-state index contributed by atoms with van der Waals surface area (Å²) in [5, 5.41) is 21.0. The minimum atomic E-state index is -4.85. The quantitative estimate of drug-likeness (QED) is 0.418. The van der Waals surface area contributed by atoms with E-state index in [2.05, 4.69) is 30.5 Å². The molecule has 0 aliphatic carbocycles. The predicted octanol–water partition coefficient (Wildman–Crippen LogP) is 1.73. The molecule has 4 N–H and O–H groups in total. The number of carbonyl (C=O) groups excluding carboxylic acids is 2. The second-order valence-corrected chi connectivity index (χ2v) is 8.62. The van der Waals surface area contributed by atoms with Gasteiger partial charge in [0.05, 0.1) is 29.9 Å². The fraction of sp³-hybridized carbons (Fsp3) is 0.429. The van der Waals surface area contributed by atoms with Crippen molar-refractivity contribution in [1.29, 1.82) is 0 Å². The van der Waals surface area contributed by atoms with Crippen LogP contribution in [0, 0.1) is 6.92 Å². The molecule has 2 aliphatic rings. The first kappa shape index (κ1) is 23.7. The zero-order chi connectivity index (χ0) is 25.6. The Morgan fingerprint density at radius 2 is 2.11 bits per heavy atom. The molecule has 1 fully saturated rings.